The molecule has 0 bridgehead atoms. The van der Waals surface area contributed by atoms with Crippen molar-refractivity contribution in [2.75, 3.05) is 34.0 Å². The van der Waals surface area contributed by atoms with Gasteiger partial charge in [0.15, 0.2) is 11.5 Å². The number of benzene rings is 2. The smallest absolute Gasteiger partial charge is 0.160 e. The lowest BCUT2D eigenvalue weighted by atomic mass is 10.0. The maximum Gasteiger partial charge on any atom is 0.160 e. The zero-order valence-corrected chi connectivity index (χ0v) is 16.0. The molecule has 0 fully saturated rings. The number of aliphatic hydroxyl groups excluding tert-OH is 1. The number of hydrogen-bond acceptors (Lipinski definition) is 5. The summed E-state index contributed by atoms with van der Waals surface area (Å²) in [6.07, 6.45) is 2.46. The van der Waals surface area contributed by atoms with E-state index in [1.54, 1.807) is 20.3 Å². The molecule has 0 saturated carbocycles. The summed E-state index contributed by atoms with van der Waals surface area (Å²) in [7, 11) is 3.23. The minimum absolute atomic E-state index is 0.457. The molecule has 5 nitrogen and oxygen atoms in total. The molecular formula is C22H28O5. The Bertz CT molecular complexity index is 714. The van der Waals surface area contributed by atoms with Gasteiger partial charge in [0.25, 0.3) is 0 Å². The Morgan fingerprint density at radius 1 is 1.04 bits per heavy atom. The molecular weight excluding hydrogens is 344 g/mol. The van der Waals surface area contributed by atoms with Crippen molar-refractivity contribution < 1.29 is 24.1 Å². The Kier molecular flexibility index (Phi) is 8.68. The lowest BCUT2D eigenvalue weighted by Crippen LogP contribution is -2.07. The van der Waals surface area contributed by atoms with Crippen LogP contribution in [-0.4, -0.2) is 39.1 Å². The highest BCUT2D eigenvalue weighted by molar-refractivity contribution is 5.43. The predicted octanol–water partition coefficient (Wildman–Crippen LogP) is 3.95. The summed E-state index contributed by atoms with van der Waals surface area (Å²) in [6.45, 7) is 5.07. The van der Waals surface area contributed by atoms with Crippen molar-refractivity contribution >= 4 is 0 Å². The maximum absolute atomic E-state index is 10.5. The summed E-state index contributed by atoms with van der Waals surface area (Å²) in [4.78, 5) is 0. The van der Waals surface area contributed by atoms with Crippen LogP contribution in [0.4, 0.5) is 0 Å². The van der Waals surface area contributed by atoms with Crippen LogP contribution in [0, 0.1) is 0 Å². The number of ether oxygens (including phenoxy) is 4. The molecule has 1 unspecified atom stereocenters. The summed E-state index contributed by atoms with van der Waals surface area (Å²) in [6, 6.07) is 13.3. The Morgan fingerprint density at radius 3 is 2.59 bits per heavy atom. The second-order valence-corrected chi connectivity index (χ2v) is 6.03. The molecule has 27 heavy (non-hydrogen) atoms. The number of rotatable bonds is 12. The minimum Gasteiger partial charge on any atom is -0.493 e. The summed E-state index contributed by atoms with van der Waals surface area (Å²) in [5.41, 5.74) is 1.92. The highest BCUT2D eigenvalue weighted by atomic mass is 16.5. The molecule has 0 aromatic heterocycles. The Morgan fingerprint density at radius 2 is 1.85 bits per heavy atom. The summed E-state index contributed by atoms with van der Waals surface area (Å²) < 4.78 is 21.5. The number of aliphatic hydroxyl groups is 1. The van der Waals surface area contributed by atoms with Crippen molar-refractivity contribution in [3.05, 3.63) is 66.2 Å². The van der Waals surface area contributed by atoms with Crippen molar-refractivity contribution in [1.82, 2.24) is 0 Å². The van der Waals surface area contributed by atoms with Gasteiger partial charge < -0.3 is 24.1 Å². The number of hydrogen-bond donors (Lipinski definition) is 1. The predicted molar refractivity (Wildman–Crippen MR) is 106 cm³/mol. The molecule has 0 radical (unpaired) electrons. The van der Waals surface area contributed by atoms with Crippen molar-refractivity contribution in [3.63, 3.8) is 0 Å². The molecule has 0 spiro atoms. The van der Waals surface area contributed by atoms with Gasteiger partial charge in [-0.25, -0.2) is 0 Å². The van der Waals surface area contributed by atoms with Crippen molar-refractivity contribution in [3.8, 4) is 17.2 Å². The molecule has 2 aromatic rings. The standard InChI is InChI=1S/C22H28O5/c1-4-12-26-13-14-27-19-7-5-6-18(16-19)20(23)10-8-17-9-11-21(24-2)22(15-17)25-3/h4-7,9,11,15-16,20,23H,1,8,10,12-14H2,2-3H3. The van der Waals surface area contributed by atoms with E-state index in [0.29, 0.717) is 37.7 Å². The van der Waals surface area contributed by atoms with Crippen molar-refractivity contribution in [1.29, 1.82) is 0 Å². The van der Waals surface area contributed by atoms with Gasteiger partial charge in [-0.05, 0) is 48.2 Å². The first kappa shape index (κ1) is 20.8. The summed E-state index contributed by atoms with van der Waals surface area (Å²) >= 11 is 0. The van der Waals surface area contributed by atoms with Crippen molar-refractivity contribution in [2.24, 2.45) is 0 Å². The summed E-state index contributed by atoms with van der Waals surface area (Å²) in [5, 5.41) is 10.5. The molecule has 146 valence electrons. The molecule has 5 heteroatoms. The van der Waals surface area contributed by atoms with E-state index in [2.05, 4.69) is 6.58 Å². The van der Waals surface area contributed by atoms with E-state index in [4.69, 9.17) is 18.9 Å². The van der Waals surface area contributed by atoms with Crippen LogP contribution in [0.3, 0.4) is 0 Å². The second-order valence-electron chi connectivity index (χ2n) is 6.03. The van der Waals surface area contributed by atoms with Crippen LogP contribution in [-0.2, 0) is 11.2 Å². The molecule has 0 amide bonds. The van der Waals surface area contributed by atoms with E-state index in [-0.39, 0.29) is 0 Å². The first-order valence-electron chi connectivity index (χ1n) is 8.98. The number of methoxy groups -OCH3 is 2. The average molecular weight is 372 g/mol. The monoisotopic (exact) mass is 372 g/mol. The minimum atomic E-state index is -0.571. The van der Waals surface area contributed by atoms with E-state index in [1.807, 2.05) is 42.5 Å². The molecule has 0 aliphatic heterocycles. The molecule has 1 N–H and O–H groups in total. The zero-order chi connectivity index (χ0) is 19.5. The van der Waals surface area contributed by atoms with Gasteiger partial charge >= 0.3 is 0 Å². The molecule has 0 aliphatic rings. The molecule has 0 aliphatic carbocycles. The van der Waals surface area contributed by atoms with E-state index in [1.165, 1.54) is 0 Å². The van der Waals surface area contributed by atoms with E-state index in [0.717, 1.165) is 23.3 Å². The van der Waals surface area contributed by atoms with Crippen LogP contribution in [0.5, 0.6) is 17.2 Å². The van der Waals surface area contributed by atoms with Crippen LogP contribution in [0.25, 0.3) is 0 Å². The average Bonchev–Trinajstić information content (AvgIpc) is 2.71. The Balaban J connectivity index is 1.89. The van der Waals surface area contributed by atoms with E-state index in [9.17, 15) is 5.11 Å². The normalized spacial score (nSPS) is 11.7. The van der Waals surface area contributed by atoms with Gasteiger partial charge in [0, 0.05) is 0 Å². The molecule has 0 saturated heterocycles. The SMILES string of the molecule is C=CCOCCOc1cccc(C(O)CCc2ccc(OC)c(OC)c2)c1. The molecule has 1 atom stereocenters. The van der Waals surface area contributed by atoms with Gasteiger partial charge in [-0.2, -0.15) is 0 Å². The second kappa shape index (κ2) is 11.3. The number of aryl methyl sites for hydroxylation is 1. The van der Waals surface area contributed by atoms with E-state index < -0.39 is 6.10 Å². The van der Waals surface area contributed by atoms with Gasteiger partial charge in [0.1, 0.15) is 12.4 Å². The fraction of sp³-hybridized carbons (Fsp3) is 0.364. The van der Waals surface area contributed by atoms with Gasteiger partial charge in [0.2, 0.25) is 0 Å². The third-order valence-corrected chi connectivity index (χ3v) is 4.13. The largest absolute Gasteiger partial charge is 0.493 e. The van der Waals surface area contributed by atoms with Crippen molar-refractivity contribution in [2.45, 2.75) is 18.9 Å². The van der Waals surface area contributed by atoms with Crippen LogP contribution < -0.4 is 14.2 Å². The Labute approximate surface area is 161 Å². The van der Waals surface area contributed by atoms with Gasteiger partial charge in [-0.15, -0.1) is 6.58 Å². The highest BCUT2D eigenvalue weighted by Gasteiger charge is 2.11. The third kappa shape index (κ3) is 6.62. The lowest BCUT2D eigenvalue weighted by Gasteiger charge is -2.14. The molecule has 2 rings (SSSR count). The van der Waals surface area contributed by atoms with Crippen LogP contribution in [0.2, 0.25) is 0 Å². The lowest BCUT2D eigenvalue weighted by molar-refractivity contribution is 0.120. The van der Waals surface area contributed by atoms with Gasteiger partial charge in [0.05, 0.1) is 33.5 Å². The first-order valence-corrected chi connectivity index (χ1v) is 8.98. The maximum atomic E-state index is 10.5. The van der Waals surface area contributed by atoms with Crippen LogP contribution in [0.1, 0.15) is 23.7 Å². The van der Waals surface area contributed by atoms with Gasteiger partial charge in [-0.3, -0.25) is 0 Å². The molecule has 2 aromatic carbocycles. The van der Waals surface area contributed by atoms with E-state index >= 15 is 0 Å². The summed E-state index contributed by atoms with van der Waals surface area (Å²) in [5.74, 6) is 2.11. The molecule has 0 heterocycles. The Hall–Kier alpha value is -2.50. The quantitative estimate of drug-likeness (QED) is 0.452. The fourth-order valence-electron chi connectivity index (χ4n) is 2.70. The van der Waals surface area contributed by atoms with Crippen LogP contribution >= 0.6 is 0 Å². The first-order chi connectivity index (χ1) is 13.2. The fourth-order valence-corrected chi connectivity index (χ4v) is 2.70. The zero-order valence-electron chi connectivity index (χ0n) is 16.0. The van der Waals surface area contributed by atoms with Crippen LogP contribution in [0.15, 0.2) is 55.1 Å². The highest BCUT2D eigenvalue weighted by Crippen LogP contribution is 2.29. The third-order valence-electron chi connectivity index (χ3n) is 4.13. The van der Waals surface area contributed by atoms with Gasteiger partial charge in [-0.1, -0.05) is 24.3 Å². The topological polar surface area (TPSA) is 57.2 Å².